The van der Waals surface area contributed by atoms with Crippen LogP contribution in [0.4, 0.5) is 0 Å². The summed E-state index contributed by atoms with van der Waals surface area (Å²) in [7, 11) is 1.62. The lowest BCUT2D eigenvalue weighted by Crippen LogP contribution is -1.93. The summed E-state index contributed by atoms with van der Waals surface area (Å²) in [4.78, 5) is 0. The van der Waals surface area contributed by atoms with Gasteiger partial charge in [-0.25, -0.2) is 0 Å². The fraction of sp³-hybridized carbons (Fsp3) is 0.188. The van der Waals surface area contributed by atoms with Crippen LogP contribution in [0, 0.1) is 11.3 Å². The summed E-state index contributed by atoms with van der Waals surface area (Å²) in [5.41, 5.74) is 1.77. The van der Waals surface area contributed by atoms with Crippen molar-refractivity contribution in [3.8, 4) is 23.3 Å². The molecule has 0 radical (unpaired) electrons. The molecule has 0 bridgehead atoms. The molecule has 0 saturated heterocycles. The number of hydrogen-bond donors (Lipinski definition) is 0. The van der Waals surface area contributed by atoms with Gasteiger partial charge in [0.15, 0.2) is 11.5 Å². The van der Waals surface area contributed by atoms with Crippen molar-refractivity contribution in [3.05, 3.63) is 52.0 Å². The lowest BCUT2D eigenvalue weighted by molar-refractivity contribution is 0.377. The molecule has 2 rings (SSSR count). The molecule has 0 spiro atoms. The van der Waals surface area contributed by atoms with Gasteiger partial charge in [-0.2, -0.15) is 5.26 Å². The van der Waals surface area contributed by atoms with Gasteiger partial charge in [-0.15, -0.1) is 0 Å². The van der Waals surface area contributed by atoms with Gasteiger partial charge < -0.3 is 9.47 Å². The quantitative estimate of drug-likeness (QED) is 0.816. The Balaban J connectivity index is 2.32. The Morgan fingerprint density at radius 3 is 2.45 bits per heavy atom. The topological polar surface area (TPSA) is 42.2 Å². The molecule has 0 aliphatic rings. The minimum Gasteiger partial charge on any atom is -0.493 e. The van der Waals surface area contributed by atoms with Crippen molar-refractivity contribution in [2.24, 2.45) is 0 Å². The molecule has 0 atom stereocenters. The zero-order valence-corrected chi connectivity index (χ0v) is 12.9. The van der Waals surface area contributed by atoms with Crippen LogP contribution in [0.1, 0.15) is 18.1 Å². The molecule has 0 aliphatic heterocycles. The van der Waals surface area contributed by atoms with Crippen LogP contribution in [-0.4, -0.2) is 7.11 Å². The molecule has 0 heterocycles. The first-order valence-electron chi connectivity index (χ1n) is 6.22. The fourth-order valence-electron chi connectivity index (χ4n) is 1.79. The number of nitrogens with zero attached hydrogens (tertiary/aromatic N) is 1. The Kier molecular flexibility index (Phi) is 4.65. The van der Waals surface area contributed by atoms with E-state index in [2.05, 4.69) is 28.9 Å². The van der Waals surface area contributed by atoms with E-state index in [1.54, 1.807) is 25.3 Å². The number of nitriles is 1. The molecule has 102 valence electrons. The van der Waals surface area contributed by atoms with E-state index in [9.17, 15) is 0 Å². The summed E-state index contributed by atoms with van der Waals surface area (Å²) in [6.45, 7) is 2.09. The number of methoxy groups -OCH3 is 1. The number of ether oxygens (including phenoxy) is 2. The predicted octanol–water partition coefficient (Wildman–Crippen LogP) is 4.68. The minimum atomic E-state index is 0.581. The summed E-state index contributed by atoms with van der Waals surface area (Å²) < 4.78 is 11.9. The molecule has 2 aromatic rings. The van der Waals surface area contributed by atoms with Crippen LogP contribution in [0.2, 0.25) is 0 Å². The second kappa shape index (κ2) is 6.44. The molecule has 0 unspecified atom stereocenters. The van der Waals surface area contributed by atoms with Crippen molar-refractivity contribution >= 4 is 15.9 Å². The van der Waals surface area contributed by atoms with Crippen LogP contribution in [0.25, 0.3) is 0 Å². The van der Waals surface area contributed by atoms with Crippen LogP contribution in [-0.2, 0) is 6.42 Å². The van der Waals surface area contributed by atoms with E-state index in [0.717, 1.165) is 10.9 Å². The molecule has 3 nitrogen and oxygen atoms in total. The van der Waals surface area contributed by atoms with E-state index in [0.29, 0.717) is 22.8 Å². The van der Waals surface area contributed by atoms with Gasteiger partial charge in [0.05, 0.1) is 23.2 Å². The van der Waals surface area contributed by atoms with Gasteiger partial charge in [0.25, 0.3) is 0 Å². The fourth-order valence-corrected chi connectivity index (χ4v) is 2.25. The Bertz CT molecular complexity index is 662. The Morgan fingerprint density at radius 2 is 1.85 bits per heavy atom. The molecule has 0 N–H and O–H groups in total. The van der Waals surface area contributed by atoms with E-state index in [4.69, 9.17) is 14.7 Å². The van der Waals surface area contributed by atoms with Crippen LogP contribution in [0.3, 0.4) is 0 Å². The van der Waals surface area contributed by atoms with Crippen LogP contribution in [0.15, 0.2) is 40.9 Å². The van der Waals surface area contributed by atoms with Gasteiger partial charge in [-0.3, -0.25) is 0 Å². The van der Waals surface area contributed by atoms with Gasteiger partial charge in [-0.1, -0.05) is 13.0 Å². The standard InChI is InChI=1S/C16H14BrNO2/c1-3-11-4-7-15(16(9-11)19-2)20-14-6-5-12(10-18)8-13(14)17/h4-9H,3H2,1-2H3. The first-order valence-corrected chi connectivity index (χ1v) is 7.01. The highest BCUT2D eigenvalue weighted by molar-refractivity contribution is 9.10. The number of rotatable bonds is 4. The van der Waals surface area contributed by atoms with E-state index in [-0.39, 0.29) is 0 Å². The van der Waals surface area contributed by atoms with Crippen LogP contribution < -0.4 is 9.47 Å². The van der Waals surface area contributed by atoms with Gasteiger partial charge in [0.2, 0.25) is 0 Å². The zero-order valence-electron chi connectivity index (χ0n) is 11.3. The third-order valence-electron chi connectivity index (χ3n) is 2.92. The molecule has 0 fully saturated rings. The molecule has 20 heavy (non-hydrogen) atoms. The van der Waals surface area contributed by atoms with Crippen molar-refractivity contribution < 1.29 is 9.47 Å². The summed E-state index contributed by atoms with van der Waals surface area (Å²) >= 11 is 3.40. The SMILES string of the molecule is CCc1ccc(Oc2ccc(C#N)cc2Br)c(OC)c1. The highest BCUT2D eigenvalue weighted by Crippen LogP contribution is 2.36. The van der Waals surface area contributed by atoms with Crippen molar-refractivity contribution in [1.82, 2.24) is 0 Å². The lowest BCUT2D eigenvalue weighted by atomic mass is 10.1. The van der Waals surface area contributed by atoms with Gasteiger partial charge in [0, 0.05) is 0 Å². The highest BCUT2D eigenvalue weighted by atomic mass is 79.9. The Hall–Kier alpha value is -1.99. The maximum absolute atomic E-state index is 8.85. The summed E-state index contributed by atoms with van der Waals surface area (Å²) in [6, 6.07) is 13.2. The number of hydrogen-bond acceptors (Lipinski definition) is 3. The molecular formula is C16H14BrNO2. The molecule has 0 aliphatic carbocycles. The van der Waals surface area contributed by atoms with Crippen molar-refractivity contribution in [3.63, 3.8) is 0 Å². The smallest absolute Gasteiger partial charge is 0.169 e. The third-order valence-corrected chi connectivity index (χ3v) is 3.54. The summed E-state index contributed by atoms with van der Waals surface area (Å²) in [6.07, 6.45) is 0.942. The predicted molar refractivity (Wildman–Crippen MR) is 81.3 cm³/mol. The monoisotopic (exact) mass is 331 g/mol. The average Bonchev–Trinajstić information content (AvgIpc) is 2.49. The summed E-state index contributed by atoms with van der Waals surface area (Å²) in [5, 5.41) is 8.85. The molecule has 4 heteroatoms. The first-order chi connectivity index (χ1) is 9.67. The second-order valence-corrected chi connectivity index (χ2v) is 5.05. The molecule has 0 amide bonds. The van der Waals surface area contributed by atoms with E-state index < -0.39 is 0 Å². The first kappa shape index (κ1) is 14.4. The molecular weight excluding hydrogens is 318 g/mol. The third kappa shape index (κ3) is 3.12. The lowest BCUT2D eigenvalue weighted by Gasteiger charge is -2.12. The van der Waals surface area contributed by atoms with Crippen molar-refractivity contribution in [2.75, 3.05) is 7.11 Å². The summed E-state index contributed by atoms with van der Waals surface area (Å²) in [5.74, 6) is 1.99. The van der Waals surface area contributed by atoms with E-state index in [1.165, 1.54) is 5.56 Å². The normalized spacial score (nSPS) is 9.90. The zero-order chi connectivity index (χ0) is 14.5. The molecule has 0 saturated carbocycles. The highest BCUT2D eigenvalue weighted by Gasteiger charge is 2.09. The maximum atomic E-state index is 8.85. The number of aryl methyl sites for hydroxylation is 1. The second-order valence-electron chi connectivity index (χ2n) is 4.20. The van der Waals surface area contributed by atoms with Gasteiger partial charge >= 0.3 is 0 Å². The van der Waals surface area contributed by atoms with E-state index >= 15 is 0 Å². The average molecular weight is 332 g/mol. The number of halogens is 1. The molecule has 2 aromatic carbocycles. The largest absolute Gasteiger partial charge is 0.493 e. The number of benzene rings is 2. The maximum Gasteiger partial charge on any atom is 0.169 e. The van der Waals surface area contributed by atoms with Crippen molar-refractivity contribution in [1.29, 1.82) is 5.26 Å². The van der Waals surface area contributed by atoms with Crippen LogP contribution >= 0.6 is 15.9 Å². The van der Waals surface area contributed by atoms with Crippen LogP contribution in [0.5, 0.6) is 17.2 Å². The minimum absolute atomic E-state index is 0.581. The van der Waals surface area contributed by atoms with Gasteiger partial charge in [-0.05, 0) is 58.2 Å². The van der Waals surface area contributed by atoms with Crippen molar-refractivity contribution in [2.45, 2.75) is 13.3 Å². The Labute approximate surface area is 126 Å². The van der Waals surface area contributed by atoms with E-state index in [1.807, 2.05) is 18.2 Å². The Morgan fingerprint density at radius 1 is 1.10 bits per heavy atom. The van der Waals surface area contributed by atoms with Gasteiger partial charge in [0.1, 0.15) is 5.75 Å². The molecule has 0 aromatic heterocycles.